The number of rotatable bonds is 9. The molecule has 7 nitrogen and oxygen atoms in total. The van der Waals surface area contributed by atoms with Gasteiger partial charge in [-0.3, -0.25) is 19.2 Å². The summed E-state index contributed by atoms with van der Waals surface area (Å²) in [6.45, 7) is 0.153. The molecule has 1 aromatic carbocycles. The Kier molecular flexibility index (Phi) is 7.69. The van der Waals surface area contributed by atoms with E-state index < -0.39 is 0 Å². The van der Waals surface area contributed by atoms with E-state index in [0.29, 0.717) is 16.1 Å². The minimum Gasteiger partial charge on any atom is -0.356 e. The molecule has 1 aromatic heterocycles. The van der Waals surface area contributed by atoms with Crippen LogP contribution in [0.25, 0.3) is 0 Å². The second-order valence-corrected chi connectivity index (χ2v) is 6.62. The highest BCUT2D eigenvalue weighted by atomic mass is 32.1. The van der Waals surface area contributed by atoms with Crippen molar-refractivity contribution in [1.29, 1.82) is 0 Å². The zero-order valence-corrected chi connectivity index (χ0v) is 15.7. The van der Waals surface area contributed by atoms with Crippen molar-refractivity contribution in [1.82, 2.24) is 10.6 Å². The summed E-state index contributed by atoms with van der Waals surface area (Å²) in [7, 11) is 1.51. The highest BCUT2D eigenvalue weighted by Crippen LogP contribution is 2.15. The first kappa shape index (κ1) is 20.3. The number of anilines is 1. The van der Waals surface area contributed by atoms with Gasteiger partial charge in [0.25, 0.3) is 5.91 Å². The standard InChI is InChI=1S/C19H21N3O4S/c1-20-19(26)13-5-2-3-6-14(13)22-18(25)10-11-21-17(24)9-8-15(23)16-7-4-12-27-16/h2-7,12H,8-11H2,1H3,(H,20,26)(H,21,24)(H,22,25). The van der Waals surface area contributed by atoms with E-state index in [0.717, 1.165) is 0 Å². The van der Waals surface area contributed by atoms with Crippen LogP contribution in [-0.4, -0.2) is 37.1 Å². The summed E-state index contributed by atoms with van der Waals surface area (Å²) in [6, 6.07) is 10.2. The van der Waals surface area contributed by atoms with Crippen LogP contribution in [0.4, 0.5) is 5.69 Å². The maximum atomic E-state index is 12.0. The number of hydrogen-bond acceptors (Lipinski definition) is 5. The van der Waals surface area contributed by atoms with Gasteiger partial charge < -0.3 is 16.0 Å². The molecule has 0 saturated carbocycles. The van der Waals surface area contributed by atoms with E-state index in [1.54, 1.807) is 36.4 Å². The molecule has 1 heterocycles. The molecule has 0 aliphatic heterocycles. The van der Waals surface area contributed by atoms with Gasteiger partial charge in [0.1, 0.15) is 0 Å². The Bertz CT molecular complexity index is 818. The molecule has 0 unspecified atom stereocenters. The lowest BCUT2D eigenvalue weighted by molar-refractivity contribution is -0.121. The van der Waals surface area contributed by atoms with Crippen molar-refractivity contribution in [2.24, 2.45) is 0 Å². The lowest BCUT2D eigenvalue weighted by Crippen LogP contribution is -2.28. The highest BCUT2D eigenvalue weighted by Gasteiger charge is 2.13. The van der Waals surface area contributed by atoms with Crippen LogP contribution in [0, 0.1) is 0 Å². The Labute approximate surface area is 161 Å². The number of hydrogen-bond donors (Lipinski definition) is 3. The van der Waals surface area contributed by atoms with Gasteiger partial charge in [-0.1, -0.05) is 18.2 Å². The van der Waals surface area contributed by atoms with Crippen molar-refractivity contribution in [3.05, 3.63) is 52.2 Å². The molecule has 0 fully saturated rings. The zero-order valence-electron chi connectivity index (χ0n) is 14.9. The van der Waals surface area contributed by atoms with Gasteiger partial charge in [0.15, 0.2) is 5.78 Å². The van der Waals surface area contributed by atoms with E-state index >= 15 is 0 Å². The Morgan fingerprint density at radius 2 is 1.70 bits per heavy atom. The second-order valence-electron chi connectivity index (χ2n) is 5.67. The van der Waals surface area contributed by atoms with E-state index in [2.05, 4.69) is 16.0 Å². The molecular formula is C19H21N3O4S. The Balaban J connectivity index is 1.72. The molecule has 0 bridgehead atoms. The molecule has 0 saturated heterocycles. The van der Waals surface area contributed by atoms with Crippen molar-refractivity contribution >= 4 is 40.5 Å². The predicted molar refractivity (Wildman–Crippen MR) is 104 cm³/mol. The molecule has 0 radical (unpaired) electrons. The minimum absolute atomic E-state index is 0.0622. The molecule has 8 heteroatoms. The average Bonchev–Trinajstić information content (AvgIpc) is 3.21. The molecule has 3 N–H and O–H groups in total. The fraction of sp³-hybridized carbons (Fsp3) is 0.263. The summed E-state index contributed by atoms with van der Waals surface area (Å²) in [5.74, 6) is -0.960. The number of thiophene rings is 1. The predicted octanol–water partition coefficient (Wildman–Crippen LogP) is 2.22. The van der Waals surface area contributed by atoms with Gasteiger partial charge in [-0.2, -0.15) is 0 Å². The van der Waals surface area contributed by atoms with Gasteiger partial charge in [0.05, 0.1) is 16.1 Å². The van der Waals surface area contributed by atoms with Crippen LogP contribution in [-0.2, 0) is 9.59 Å². The van der Waals surface area contributed by atoms with Crippen LogP contribution in [0.2, 0.25) is 0 Å². The van der Waals surface area contributed by atoms with Crippen LogP contribution in [0.5, 0.6) is 0 Å². The van der Waals surface area contributed by atoms with Crippen molar-refractivity contribution < 1.29 is 19.2 Å². The van der Waals surface area contributed by atoms with Gasteiger partial charge in [0, 0.05) is 32.9 Å². The van der Waals surface area contributed by atoms with Crippen LogP contribution in [0.1, 0.15) is 39.3 Å². The van der Waals surface area contributed by atoms with Gasteiger partial charge in [-0.15, -0.1) is 11.3 Å². The summed E-state index contributed by atoms with van der Waals surface area (Å²) >= 11 is 1.35. The first-order valence-corrected chi connectivity index (χ1v) is 9.33. The largest absolute Gasteiger partial charge is 0.356 e. The first-order chi connectivity index (χ1) is 13.0. The van der Waals surface area contributed by atoms with E-state index in [4.69, 9.17) is 0 Å². The number of para-hydroxylation sites is 1. The number of carbonyl (C=O) groups is 4. The second kappa shape index (κ2) is 10.2. The lowest BCUT2D eigenvalue weighted by atomic mass is 10.1. The monoisotopic (exact) mass is 387 g/mol. The molecular weight excluding hydrogens is 366 g/mol. The van der Waals surface area contributed by atoms with Crippen molar-refractivity contribution in [3.8, 4) is 0 Å². The van der Waals surface area contributed by atoms with Crippen LogP contribution >= 0.6 is 11.3 Å². The molecule has 2 aromatic rings. The maximum Gasteiger partial charge on any atom is 0.253 e. The normalized spacial score (nSPS) is 10.1. The summed E-state index contributed by atoms with van der Waals surface area (Å²) in [4.78, 5) is 48.1. The van der Waals surface area contributed by atoms with Gasteiger partial charge in [-0.25, -0.2) is 0 Å². The third-order valence-electron chi connectivity index (χ3n) is 3.72. The van der Waals surface area contributed by atoms with E-state index in [1.807, 2.05) is 5.38 Å². The topological polar surface area (TPSA) is 104 Å². The fourth-order valence-corrected chi connectivity index (χ4v) is 3.02. The molecule has 3 amide bonds. The van der Waals surface area contributed by atoms with Gasteiger partial charge in [0.2, 0.25) is 11.8 Å². The van der Waals surface area contributed by atoms with Crippen molar-refractivity contribution in [3.63, 3.8) is 0 Å². The molecule has 0 atom stereocenters. The summed E-state index contributed by atoms with van der Waals surface area (Å²) in [5.41, 5.74) is 0.777. The summed E-state index contributed by atoms with van der Waals surface area (Å²) in [5, 5.41) is 9.61. The minimum atomic E-state index is -0.318. The smallest absolute Gasteiger partial charge is 0.253 e. The van der Waals surface area contributed by atoms with E-state index in [-0.39, 0.29) is 49.3 Å². The van der Waals surface area contributed by atoms with Crippen LogP contribution < -0.4 is 16.0 Å². The summed E-state index contributed by atoms with van der Waals surface area (Å²) in [6.07, 6.45) is 0.280. The summed E-state index contributed by atoms with van der Waals surface area (Å²) < 4.78 is 0. The molecule has 0 aliphatic rings. The first-order valence-electron chi connectivity index (χ1n) is 8.45. The van der Waals surface area contributed by atoms with Crippen molar-refractivity contribution in [2.75, 3.05) is 18.9 Å². The Morgan fingerprint density at radius 3 is 2.41 bits per heavy atom. The highest BCUT2D eigenvalue weighted by molar-refractivity contribution is 7.12. The van der Waals surface area contributed by atoms with E-state index in [9.17, 15) is 19.2 Å². The molecule has 0 spiro atoms. The lowest BCUT2D eigenvalue weighted by Gasteiger charge is -2.10. The Hall–Kier alpha value is -3.00. The van der Waals surface area contributed by atoms with Crippen LogP contribution in [0.15, 0.2) is 41.8 Å². The van der Waals surface area contributed by atoms with Crippen LogP contribution in [0.3, 0.4) is 0 Å². The molecule has 27 heavy (non-hydrogen) atoms. The van der Waals surface area contributed by atoms with Crippen molar-refractivity contribution in [2.45, 2.75) is 19.3 Å². The Morgan fingerprint density at radius 1 is 0.926 bits per heavy atom. The number of carbonyl (C=O) groups excluding carboxylic acids is 4. The fourth-order valence-electron chi connectivity index (χ4n) is 2.33. The third-order valence-corrected chi connectivity index (χ3v) is 4.63. The quantitative estimate of drug-likeness (QED) is 0.574. The van der Waals surface area contributed by atoms with E-state index in [1.165, 1.54) is 18.4 Å². The zero-order chi connectivity index (χ0) is 19.6. The molecule has 0 aliphatic carbocycles. The molecule has 2 rings (SSSR count). The number of nitrogens with one attached hydrogen (secondary N) is 3. The number of Topliss-reactive ketones (excluding diaryl/α,β-unsaturated/α-hetero) is 1. The molecule has 142 valence electrons. The third kappa shape index (κ3) is 6.34. The number of amides is 3. The average molecular weight is 387 g/mol. The number of ketones is 1. The van der Waals surface area contributed by atoms with Gasteiger partial charge in [-0.05, 0) is 23.6 Å². The SMILES string of the molecule is CNC(=O)c1ccccc1NC(=O)CCNC(=O)CCC(=O)c1cccs1. The number of benzene rings is 1. The van der Waals surface area contributed by atoms with Gasteiger partial charge >= 0.3 is 0 Å². The maximum absolute atomic E-state index is 12.0.